The Morgan fingerprint density at radius 1 is 1.09 bits per heavy atom. The lowest BCUT2D eigenvalue weighted by atomic mass is 9.89. The van der Waals surface area contributed by atoms with Gasteiger partial charge in [0.2, 0.25) is 0 Å². The van der Waals surface area contributed by atoms with Gasteiger partial charge in [0.1, 0.15) is 18.0 Å². The SMILES string of the molecule is CCC(C)(C)c1ncnc(-c2cccc(-c3nccn3C)c2)n1. The fourth-order valence-electron chi connectivity index (χ4n) is 2.36. The molecule has 118 valence electrons. The molecule has 5 heteroatoms. The summed E-state index contributed by atoms with van der Waals surface area (Å²) in [6.07, 6.45) is 6.31. The van der Waals surface area contributed by atoms with Crippen LogP contribution in [0.5, 0.6) is 0 Å². The number of aryl methyl sites for hydroxylation is 1. The number of imidazole rings is 1. The van der Waals surface area contributed by atoms with Crippen molar-refractivity contribution >= 4 is 0 Å². The van der Waals surface area contributed by atoms with Gasteiger partial charge in [0.15, 0.2) is 5.82 Å². The van der Waals surface area contributed by atoms with E-state index in [0.717, 1.165) is 29.2 Å². The van der Waals surface area contributed by atoms with Gasteiger partial charge in [-0.2, -0.15) is 0 Å². The highest BCUT2D eigenvalue weighted by Gasteiger charge is 2.22. The average Bonchev–Trinajstić information content (AvgIpc) is 3.01. The van der Waals surface area contributed by atoms with E-state index in [1.54, 1.807) is 12.5 Å². The number of rotatable bonds is 4. The minimum Gasteiger partial charge on any atom is -0.334 e. The smallest absolute Gasteiger partial charge is 0.163 e. The van der Waals surface area contributed by atoms with E-state index in [1.807, 2.05) is 36.0 Å². The molecular weight excluding hydrogens is 286 g/mol. The predicted octanol–water partition coefficient (Wildman–Crippen LogP) is 3.63. The Bertz CT molecular complexity index is 820. The van der Waals surface area contributed by atoms with Gasteiger partial charge in [0.05, 0.1) is 0 Å². The highest BCUT2D eigenvalue weighted by Crippen LogP contribution is 2.26. The molecule has 0 aliphatic heterocycles. The van der Waals surface area contributed by atoms with Gasteiger partial charge < -0.3 is 4.57 Å². The summed E-state index contributed by atoms with van der Waals surface area (Å²) in [7, 11) is 1.99. The first kappa shape index (κ1) is 15.3. The molecule has 1 aromatic carbocycles. The first-order chi connectivity index (χ1) is 11.0. The lowest BCUT2D eigenvalue weighted by molar-refractivity contribution is 0.471. The first-order valence-corrected chi connectivity index (χ1v) is 7.79. The molecule has 23 heavy (non-hydrogen) atoms. The van der Waals surface area contributed by atoms with Crippen LogP contribution in [-0.4, -0.2) is 24.5 Å². The van der Waals surface area contributed by atoms with Crippen LogP contribution in [0.1, 0.15) is 33.0 Å². The van der Waals surface area contributed by atoms with Crippen LogP contribution in [-0.2, 0) is 12.5 Å². The number of benzene rings is 1. The van der Waals surface area contributed by atoms with Crippen molar-refractivity contribution in [1.82, 2.24) is 24.5 Å². The zero-order valence-electron chi connectivity index (χ0n) is 14.0. The second-order valence-electron chi connectivity index (χ2n) is 6.31. The van der Waals surface area contributed by atoms with E-state index in [0.29, 0.717) is 5.82 Å². The molecule has 3 aromatic rings. The van der Waals surface area contributed by atoms with E-state index in [4.69, 9.17) is 0 Å². The molecule has 0 spiro atoms. The maximum atomic E-state index is 4.68. The van der Waals surface area contributed by atoms with Crippen molar-refractivity contribution in [3.63, 3.8) is 0 Å². The van der Waals surface area contributed by atoms with E-state index >= 15 is 0 Å². The van der Waals surface area contributed by atoms with Crippen LogP contribution in [0.3, 0.4) is 0 Å². The van der Waals surface area contributed by atoms with Crippen molar-refractivity contribution in [2.45, 2.75) is 32.6 Å². The largest absolute Gasteiger partial charge is 0.334 e. The maximum absolute atomic E-state index is 4.68. The molecule has 0 saturated carbocycles. The van der Waals surface area contributed by atoms with Crippen LogP contribution in [0.2, 0.25) is 0 Å². The minimum atomic E-state index is -0.0605. The summed E-state index contributed by atoms with van der Waals surface area (Å²) in [5.74, 6) is 2.45. The van der Waals surface area contributed by atoms with Crippen molar-refractivity contribution in [3.8, 4) is 22.8 Å². The van der Waals surface area contributed by atoms with E-state index in [2.05, 4.69) is 46.8 Å². The van der Waals surface area contributed by atoms with Crippen LogP contribution in [0.4, 0.5) is 0 Å². The summed E-state index contributed by atoms with van der Waals surface area (Å²) in [6.45, 7) is 6.44. The second kappa shape index (κ2) is 5.91. The van der Waals surface area contributed by atoms with Gasteiger partial charge >= 0.3 is 0 Å². The van der Waals surface area contributed by atoms with Gasteiger partial charge in [-0.3, -0.25) is 0 Å². The van der Waals surface area contributed by atoms with E-state index in [-0.39, 0.29) is 5.41 Å². The van der Waals surface area contributed by atoms with Crippen LogP contribution in [0, 0.1) is 0 Å². The third kappa shape index (κ3) is 2.99. The predicted molar refractivity (Wildman–Crippen MR) is 90.8 cm³/mol. The van der Waals surface area contributed by atoms with Crippen LogP contribution in [0.15, 0.2) is 43.0 Å². The van der Waals surface area contributed by atoms with Gasteiger partial charge in [-0.1, -0.05) is 39.0 Å². The summed E-state index contributed by atoms with van der Waals surface area (Å²) >= 11 is 0. The molecule has 0 amide bonds. The average molecular weight is 307 g/mol. The molecule has 0 radical (unpaired) electrons. The fraction of sp³-hybridized carbons (Fsp3) is 0.333. The van der Waals surface area contributed by atoms with E-state index in [9.17, 15) is 0 Å². The van der Waals surface area contributed by atoms with E-state index < -0.39 is 0 Å². The normalized spacial score (nSPS) is 11.7. The summed E-state index contributed by atoms with van der Waals surface area (Å²) in [5, 5.41) is 0. The highest BCUT2D eigenvalue weighted by molar-refractivity contribution is 5.66. The Morgan fingerprint density at radius 3 is 2.57 bits per heavy atom. The quantitative estimate of drug-likeness (QED) is 0.738. The molecule has 5 nitrogen and oxygen atoms in total. The molecule has 0 bridgehead atoms. The molecule has 0 unspecified atom stereocenters. The zero-order valence-corrected chi connectivity index (χ0v) is 14.0. The molecule has 2 heterocycles. The monoisotopic (exact) mass is 307 g/mol. The van der Waals surface area contributed by atoms with Gasteiger partial charge in [0.25, 0.3) is 0 Å². The Kier molecular flexibility index (Phi) is 3.94. The van der Waals surface area contributed by atoms with E-state index in [1.165, 1.54) is 0 Å². The molecule has 0 saturated heterocycles. The van der Waals surface area contributed by atoms with Crippen LogP contribution in [0.25, 0.3) is 22.8 Å². The molecule has 2 aromatic heterocycles. The molecule has 0 aliphatic rings. The van der Waals surface area contributed by atoms with Crippen molar-refractivity contribution in [2.24, 2.45) is 7.05 Å². The number of nitrogens with zero attached hydrogens (tertiary/aromatic N) is 5. The fourth-order valence-corrected chi connectivity index (χ4v) is 2.36. The van der Waals surface area contributed by atoms with Gasteiger partial charge in [-0.15, -0.1) is 0 Å². The van der Waals surface area contributed by atoms with Crippen molar-refractivity contribution in [2.75, 3.05) is 0 Å². The third-order valence-electron chi connectivity index (χ3n) is 4.26. The summed E-state index contributed by atoms with van der Waals surface area (Å²) in [4.78, 5) is 17.8. The van der Waals surface area contributed by atoms with Crippen LogP contribution >= 0.6 is 0 Å². The van der Waals surface area contributed by atoms with Gasteiger partial charge in [-0.05, 0) is 12.5 Å². The second-order valence-corrected chi connectivity index (χ2v) is 6.31. The number of aromatic nitrogens is 5. The highest BCUT2D eigenvalue weighted by atomic mass is 15.0. The lowest BCUT2D eigenvalue weighted by Crippen LogP contribution is -2.20. The van der Waals surface area contributed by atoms with Crippen LogP contribution < -0.4 is 0 Å². The first-order valence-electron chi connectivity index (χ1n) is 7.79. The summed E-state index contributed by atoms with van der Waals surface area (Å²) in [5.41, 5.74) is 1.96. The molecule has 0 N–H and O–H groups in total. The lowest BCUT2D eigenvalue weighted by Gasteiger charge is -2.20. The minimum absolute atomic E-state index is 0.0605. The van der Waals surface area contributed by atoms with Crippen molar-refractivity contribution in [1.29, 1.82) is 0 Å². The molecular formula is C18H21N5. The standard InChI is InChI=1S/C18H21N5/c1-5-18(2,3)17-21-12-20-15(22-17)13-7-6-8-14(11-13)16-19-9-10-23(16)4/h6-12H,5H2,1-4H3. The maximum Gasteiger partial charge on any atom is 0.163 e. The topological polar surface area (TPSA) is 56.5 Å². The number of hydrogen-bond acceptors (Lipinski definition) is 4. The summed E-state index contributed by atoms with van der Waals surface area (Å²) < 4.78 is 2.00. The molecule has 0 aliphatic carbocycles. The summed E-state index contributed by atoms with van der Waals surface area (Å²) in [6, 6.07) is 8.14. The zero-order chi connectivity index (χ0) is 16.4. The van der Waals surface area contributed by atoms with Crippen molar-refractivity contribution < 1.29 is 0 Å². The molecule has 3 rings (SSSR count). The molecule has 0 atom stereocenters. The third-order valence-corrected chi connectivity index (χ3v) is 4.26. The number of hydrogen-bond donors (Lipinski definition) is 0. The molecule has 0 fully saturated rings. The Hall–Kier alpha value is -2.56. The Morgan fingerprint density at radius 2 is 1.87 bits per heavy atom. The Labute approximate surface area is 136 Å². The van der Waals surface area contributed by atoms with Crippen molar-refractivity contribution in [3.05, 3.63) is 48.8 Å². The van der Waals surface area contributed by atoms with Gasteiger partial charge in [0, 0.05) is 36.0 Å². The Balaban J connectivity index is 2.03. The van der Waals surface area contributed by atoms with Gasteiger partial charge in [-0.25, -0.2) is 19.9 Å².